The second-order valence-corrected chi connectivity index (χ2v) is 5.39. The van der Waals surface area contributed by atoms with Gasteiger partial charge in [-0.2, -0.15) is 0 Å². The highest BCUT2D eigenvalue weighted by molar-refractivity contribution is 5.73. The summed E-state index contributed by atoms with van der Waals surface area (Å²) in [6.07, 6.45) is 0. The number of piperazine rings is 1. The zero-order valence-corrected chi connectivity index (χ0v) is 12.5. The number of rotatable bonds is 4. The third kappa shape index (κ3) is 4.07. The molecule has 116 valence electrons. The molecule has 1 aromatic rings. The summed E-state index contributed by atoms with van der Waals surface area (Å²) in [5.74, 6) is -0.106. The molecule has 0 bridgehead atoms. The van der Waals surface area contributed by atoms with E-state index in [-0.39, 0.29) is 17.7 Å². The van der Waals surface area contributed by atoms with Crippen LogP contribution in [0.4, 0.5) is 10.1 Å². The van der Waals surface area contributed by atoms with Gasteiger partial charge in [0.15, 0.2) is 11.6 Å². The Hall–Kier alpha value is -1.82. The van der Waals surface area contributed by atoms with Crippen molar-refractivity contribution in [3.05, 3.63) is 24.0 Å². The van der Waals surface area contributed by atoms with Gasteiger partial charge in [0.1, 0.15) is 6.61 Å². The van der Waals surface area contributed by atoms with E-state index in [4.69, 9.17) is 10.5 Å². The number of nitrogens with zero attached hydrogens (tertiary/aromatic N) is 2. The molecule has 1 heterocycles. The molecule has 1 aliphatic heterocycles. The number of ether oxygens (including phenoxy) is 1. The predicted octanol–water partition coefficient (Wildman–Crippen LogP) is 1.34. The van der Waals surface area contributed by atoms with Crippen LogP contribution in [0.1, 0.15) is 13.8 Å². The van der Waals surface area contributed by atoms with Crippen LogP contribution >= 0.6 is 0 Å². The van der Waals surface area contributed by atoms with Crippen molar-refractivity contribution in [2.45, 2.75) is 19.9 Å². The van der Waals surface area contributed by atoms with E-state index >= 15 is 0 Å². The van der Waals surface area contributed by atoms with Gasteiger partial charge in [-0.3, -0.25) is 9.69 Å². The minimum atomic E-state index is -0.440. The minimum Gasteiger partial charge on any atom is -0.489 e. The van der Waals surface area contributed by atoms with Crippen molar-refractivity contribution >= 4 is 11.6 Å². The van der Waals surface area contributed by atoms with E-state index in [9.17, 15) is 9.18 Å². The van der Waals surface area contributed by atoms with Crippen LogP contribution in [0.3, 0.4) is 0 Å². The molecule has 1 fully saturated rings. The smallest absolute Gasteiger partial charge is 0.219 e. The van der Waals surface area contributed by atoms with Crippen LogP contribution < -0.4 is 10.5 Å². The fourth-order valence-corrected chi connectivity index (χ4v) is 2.52. The van der Waals surface area contributed by atoms with Gasteiger partial charge in [0.2, 0.25) is 5.91 Å². The molecule has 1 amide bonds. The number of amides is 1. The average molecular weight is 295 g/mol. The Morgan fingerprint density at radius 1 is 1.48 bits per heavy atom. The number of anilines is 1. The molecule has 2 rings (SSSR count). The molecule has 0 aromatic heterocycles. The predicted molar refractivity (Wildman–Crippen MR) is 79.6 cm³/mol. The first-order valence-corrected chi connectivity index (χ1v) is 7.14. The van der Waals surface area contributed by atoms with Crippen LogP contribution in [0.2, 0.25) is 0 Å². The van der Waals surface area contributed by atoms with Crippen LogP contribution in [-0.2, 0) is 4.79 Å². The second kappa shape index (κ2) is 6.76. The first-order valence-electron chi connectivity index (χ1n) is 7.14. The fourth-order valence-electron chi connectivity index (χ4n) is 2.52. The molecular weight excluding hydrogens is 273 g/mol. The average Bonchev–Trinajstić information content (AvgIpc) is 2.42. The Balaban J connectivity index is 1.80. The lowest BCUT2D eigenvalue weighted by molar-refractivity contribution is -0.131. The number of carbonyl (C=O) groups is 1. The van der Waals surface area contributed by atoms with Gasteiger partial charge < -0.3 is 15.4 Å². The summed E-state index contributed by atoms with van der Waals surface area (Å²) in [7, 11) is 0. The number of nitrogens with two attached hydrogens (primary N) is 1. The summed E-state index contributed by atoms with van der Waals surface area (Å²) in [6, 6.07) is 4.69. The maximum absolute atomic E-state index is 13.6. The monoisotopic (exact) mass is 295 g/mol. The summed E-state index contributed by atoms with van der Waals surface area (Å²) in [5, 5.41) is 0. The number of carbonyl (C=O) groups excluding carboxylic acids is 1. The van der Waals surface area contributed by atoms with E-state index in [1.54, 1.807) is 19.1 Å². The van der Waals surface area contributed by atoms with Gasteiger partial charge in [-0.25, -0.2) is 4.39 Å². The third-order valence-corrected chi connectivity index (χ3v) is 3.80. The van der Waals surface area contributed by atoms with Gasteiger partial charge in [-0.05, 0) is 19.1 Å². The lowest BCUT2D eigenvalue weighted by Gasteiger charge is -2.39. The van der Waals surface area contributed by atoms with Gasteiger partial charge in [-0.15, -0.1) is 0 Å². The van der Waals surface area contributed by atoms with Crippen LogP contribution in [0, 0.1) is 5.82 Å². The van der Waals surface area contributed by atoms with E-state index in [0.717, 1.165) is 19.6 Å². The van der Waals surface area contributed by atoms with Gasteiger partial charge in [-0.1, -0.05) is 0 Å². The first-order chi connectivity index (χ1) is 9.97. The van der Waals surface area contributed by atoms with E-state index in [1.807, 2.05) is 4.90 Å². The highest BCUT2D eigenvalue weighted by Gasteiger charge is 2.24. The molecule has 5 nitrogen and oxygen atoms in total. The fraction of sp³-hybridized carbons (Fsp3) is 0.533. The quantitative estimate of drug-likeness (QED) is 0.852. The van der Waals surface area contributed by atoms with Crippen LogP contribution in [0.15, 0.2) is 18.2 Å². The highest BCUT2D eigenvalue weighted by atomic mass is 19.1. The summed E-state index contributed by atoms with van der Waals surface area (Å²) >= 11 is 0. The maximum atomic E-state index is 13.6. The first kappa shape index (κ1) is 15.6. The van der Waals surface area contributed by atoms with Gasteiger partial charge in [0, 0.05) is 50.9 Å². The summed E-state index contributed by atoms with van der Waals surface area (Å²) in [6.45, 7) is 7.06. The molecule has 0 saturated carbocycles. The Bertz CT molecular complexity index is 510. The Kier molecular flexibility index (Phi) is 5.01. The lowest BCUT2D eigenvalue weighted by Crippen LogP contribution is -2.53. The number of hydrogen-bond donors (Lipinski definition) is 1. The topological polar surface area (TPSA) is 58.8 Å². The molecule has 6 heteroatoms. The van der Waals surface area contributed by atoms with Crippen molar-refractivity contribution in [3.63, 3.8) is 0 Å². The molecule has 1 aromatic carbocycles. The summed E-state index contributed by atoms with van der Waals surface area (Å²) in [4.78, 5) is 15.4. The van der Waals surface area contributed by atoms with Crippen molar-refractivity contribution in [2.24, 2.45) is 0 Å². The molecule has 21 heavy (non-hydrogen) atoms. The Morgan fingerprint density at radius 3 is 2.86 bits per heavy atom. The van der Waals surface area contributed by atoms with Gasteiger partial charge in [0.25, 0.3) is 0 Å². The minimum absolute atomic E-state index is 0.113. The Morgan fingerprint density at radius 2 is 2.24 bits per heavy atom. The van der Waals surface area contributed by atoms with Crippen LogP contribution in [0.5, 0.6) is 5.75 Å². The maximum Gasteiger partial charge on any atom is 0.219 e. The number of nitrogen functional groups attached to an aromatic ring is 1. The highest BCUT2D eigenvalue weighted by Crippen LogP contribution is 2.19. The molecular formula is C15H22FN3O2. The molecule has 0 aliphatic carbocycles. The van der Waals surface area contributed by atoms with E-state index in [1.165, 1.54) is 6.07 Å². The lowest BCUT2D eigenvalue weighted by atomic mass is 10.2. The van der Waals surface area contributed by atoms with Crippen molar-refractivity contribution in [1.29, 1.82) is 0 Å². The zero-order chi connectivity index (χ0) is 15.4. The molecule has 1 saturated heterocycles. The second-order valence-electron chi connectivity index (χ2n) is 5.39. The number of halogens is 1. The van der Waals surface area contributed by atoms with Crippen molar-refractivity contribution in [2.75, 3.05) is 38.5 Å². The standard InChI is InChI=1S/C15H22FN3O2/c1-11-10-19(12(2)20)6-5-18(11)7-8-21-15-4-3-13(17)9-14(15)16/h3-4,9,11H,5-8,10,17H2,1-2H3/t11-/m0/s1. The normalized spacial score (nSPS) is 19.6. The largest absolute Gasteiger partial charge is 0.489 e. The van der Waals surface area contributed by atoms with Crippen LogP contribution in [-0.4, -0.2) is 54.5 Å². The van der Waals surface area contributed by atoms with Crippen LogP contribution in [0.25, 0.3) is 0 Å². The molecule has 1 atom stereocenters. The van der Waals surface area contributed by atoms with Crippen molar-refractivity contribution in [1.82, 2.24) is 9.80 Å². The molecule has 1 aliphatic rings. The molecule has 2 N–H and O–H groups in total. The summed E-state index contributed by atoms with van der Waals surface area (Å²) < 4.78 is 19.0. The van der Waals surface area contributed by atoms with Crippen molar-refractivity contribution in [3.8, 4) is 5.75 Å². The van der Waals surface area contributed by atoms with Gasteiger partial charge >= 0.3 is 0 Å². The number of hydrogen-bond acceptors (Lipinski definition) is 4. The summed E-state index contributed by atoms with van der Waals surface area (Å²) in [5.41, 5.74) is 5.88. The van der Waals surface area contributed by atoms with E-state index in [2.05, 4.69) is 11.8 Å². The molecule has 0 unspecified atom stereocenters. The molecule has 0 radical (unpaired) electrons. The zero-order valence-electron chi connectivity index (χ0n) is 12.5. The number of benzene rings is 1. The van der Waals surface area contributed by atoms with Gasteiger partial charge in [0.05, 0.1) is 0 Å². The van der Waals surface area contributed by atoms with Crippen molar-refractivity contribution < 1.29 is 13.9 Å². The molecule has 0 spiro atoms. The van der Waals surface area contributed by atoms with E-state index in [0.29, 0.717) is 18.8 Å². The van der Waals surface area contributed by atoms with E-state index < -0.39 is 5.82 Å². The third-order valence-electron chi connectivity index (χ3n) is 3.80. The Labute approximate surface area is 124 Å². The SMILES string of the molecule is CC(=O)N1CCN(CCOc2ccc(N)cc2F)[C@@H](C)C1.